The Hall–Kier alpha value is -1.12. The normalized spacial score (nSPS) is 16.9. The molecule has 0 saturated carbocycles. The van der Waals surface area contributed by atoms with Crippen molar-refractivity contribution in [3.05, 3.63) is 114 Å². The minimum Gasteiger partial charge on any atom is -0.192 e. The van der Waals surface area contributed by atoms with Gasteiger partial charge >= 0.3 is 5.91 Å². The van der Waals surface area contributed by atoms with Gasteiger partial charge in [0.1, 0.15) is 0 Å². The second-order valence-electron chi connectivity index (χ2n) is 13.0. The lowest BCUT2D eigenvalue weighted by atomic mass is 10.1. The third-order valence-electron chi connectivity index (χ3n) is 10.6. The summed E-state index contributed by atoms with van der Waals surface area (Å²) in [4.78, 5) is 20.8. The Balaban J connectivity index is 1.47. The van der Waals surface area contributed by atoms with Crippen LogP contribution in [-0.2, 0) is 5.91 Å². The van der Waals surface area contributed by atoms with Gasteiger partial charge in [0.25, 0.3) is 23.3 Å². The smallest absolute Gasteiger partial charge is 0.192 e. The Bertz CT molecular complexity index is 3320. The van der Waals surface area contributed by atoms with Crippen LogP contribution in [0.3, 0.4) is 0 Å². The molecule has 6 aliphatic rings. The van der Waals surface area contributed by atoms with Crippen LogP contribution in [0.25, 0.3) is 21.5 Å². The average Bonchev–Trinajstić information content (AvgIpc) is 3.92. The second-order valence-corrected chi connectivity index (χ2v) is 19.0. The molecule has 0 aliphatic carbocycles. The number of hydrogen-bond acceptors (Lipinski definition) is 4. The molecule has 282 valence electrons. The molecule has 4 aromatic carbocycles. The van der Waals surface area contributed by atoms with Gasteiger partial charge in [0, 0.05) is 0 Å². The number of benzene rings is 4. The lowest BCUT2D eigenvalue weighted by Crippen LogP contribution is -2.71. The molecule has 0 N–H and O–H groups in total. The molecule has 0 fully saturated rings. The molecule has 0 radical (unpaired) electrons. The van der Waals surface area contributed by atoms with E-state index in [0.717, 1.165) is 0 Å². The summed E-state index contributed by atoms with van der Waals surface area (Å²) in [5, 5.41) is 0.826. The van der Waals surface area contributed by atoms with E-state index in [1.807, 2.05) is 0 Å². The highest BCUT2D eigenvalue weighted by atomic mass is 35.5. The van der Waals surface area contributed by atoms with Crippen molar-refractivity contribution in [3.8, 4) is 0 Å². The van der Waals surface area contributed by atoms with Crippen LogP contribution in [-0.4, -0.2) is 41.6 Å². The third kappa shape index (κ3) is 3.88. The maximum atomic E-state index is 7.11. The van der Waals surface area contributed by atoms with Gasteiger partial charge < -0.3 is 0 Å². The minimum atomic E-state index is -1.85. The fraction of sp³-hybridized carbons (Fsp3) is 0.0303. The zero-order chi connectivity index (χ0) is 40.1. The first-order chi connectivity index (χ1) is 27.0. The van der Waals surface area contributed by atoms with Gasteiger partial charge in [-0.25, -0.2) is 0 Å². The highest BCUT2D eigenvalue weighted by Crippen LogP contribution is 2.60. The highest BCUT2D eigenvalue weighted by Gasteiger charge is 2.71. The summed E-state index contributed by atoms with van der Waals surface area (Å²) in [7, 11) is 0. The van der Waals surface area contributed by atoms with E-state index in [4.69, 9.17) is 206 Å². The largest absolute Gasteiger partial charge is 0.404 e. The van der Waals surface area contributed by atoms with Crippen molar-refractivity contribution in [3.63, 3.8) is 0 Å². The fourth-order valence-corrected chi connectivity index (χ4v) is 12.6. The first kappa shape index (κ1) is 37.6. The topological polar surface area (TPSA) is 65.3 Å². The van der Waals surface area contributed by atoms with Crippen molar-refractivity contribution < 1.29 is 9.15 Å². The summed E-state index contributed by atoms with van der Waals surface area (Å²) in [5.74, 6) is -0.760. The van der Waals surface area contributed by atoms with Crippen LogP contribution < -0.4 is 11.0 Å². The van der Waals surface area contributed by atoms with Gasteiger partial charge in [0.05, 0.1) is 124 Å². The molecule has 0 unspecified atom stereocenters. The van der Waals surface area contributed by atoms with E-state index in [0.29, 0.717) is 0 Å². The summed E-state index contributed by atoms with van der Waals surface area (Å²) < 4.78 is 7.01. The van der Waals surface area contributed by atoms with E-state index in [2.05, 4.69) is 0 Å². The summed E-state index contributed by atoms with van der Waals surface area (Å²) >= 11 is 111. The maximum Gasteiger partial charge on any atom is 0.404 e. The van der Waals surface area contributed by atoms with Crippen LogP contribution in [0.4, 0.5) is 11.6 Å². The molecule has 0 atom stereocenters. The van der Waals surface area contributed by atoms with E-state index in [1.165, 1.54) is 0 Å². The van der Waals surface area contributed by atoms with Crippen LogP contribution >= 0.6 is 186 Å². The van der Waals surface area contributed by atoms with Crippen LogP contribution in [0.1, 0.15) is 22.3 Å². The lowest BCUT2D eigenvalue weighted by Gasteiger charge is -2.40. The van der Waals surface area contributed by atoms with Gasteiger partial charge in [0.2, 0.25) is 22.6 Å². The molecule has 0 saturated heterocycles. The number of hydrogen-bond donors (Lipinski definition) is 0. The summed E-state index contributed by atoms with van der Waals surface area (Å²) in [6.45, 7) is 0. The van der Waals surface area contributed by atoms with E-state index in [1.54, 1.807) is 18.3 Å². The number of halogens is 16. The number of fused-ring (bicyclic) bond motifs is 12. The molecule has 6 aromatic rings. The zero-order valence-corrected chi connectivity index (χ0v) is 38.2. The van der Waals surface area contributed by atoms with Crippen LogP contribution in [0.15, 0.2) is 20.0 Å². The Morgan fingerprint density at radius 1 is 0.316 bits per heavy atom. The lowest BCUT2D eigenvalue weighted by molar-refractivity contribution is -0.790. The Morgan fingerprint density at radius 2 is 0.614 bits per heavy atom. The zero-order valence-electron chi connectivity index (χ0n) is 26.1. The van der Waals surface area contributed by atoms with E-state index in [-0.39, 0.29) is 170 Å². The standard InChI is InChI=1S/C33Cl16N8/c34-9-1-2(10(35)18(43)17(9)42)26-51-28-5-6(14(39)22(47)21(46)13(5)38)30-53-32-8-7(15(40)23(48)24(49)16(8)41)31-52-29-4-3(11(36)19(44)20(45)12(4)37)27-50-25(1)54(26)33(55(27)29,56(28)30)57(31)32/q+2. The quantitative estimate of drug-likeness (QED) is 0.0827. The molecule has 6 aliphatic heterocycles. The number of amidine groups is 4. The molecular formula is C33Cl16N8+2. The SMILES string of the molecule is Clc1c(Cl)c(Cl)c2c(c1Cl)C1=Nc3c4c(Cl)c(Cl)c(Cl)c(Cl)c4c4n3C35n6c(c7c(Cl)c(Cl)c(Cl)c(Cl)c7c6=NC6=[N+]3C(=N4)c3c(Cl)c(Cl)c(Cl)c(Cl)c36)=NC2=[N+]15. The first-order valence-electron chi connectivity index (χ1n) is 15.5. The molecule has 8 heterocycles. The molecule has 57 heavy (non-hydrogen) atoms. The van der Waals surface area contributed by atoms with Crippen molar-refractivity contribution in [2.75, 3.05) is 0 Å². The molecule has 12 rings (SSSR count). The van der Waals surface area contributed by atoms with Crippen molar-refractivity contribution in [1.82, 2.24) is 9.13 Å². The van der Waals surface area contributed by atoms with Gasteiger partial charge in [-0.1, -0.05) is 206 Å². The van der Waals surface area contributed by atoms with Crippen LogP contribution in [0.5, 0.6) is 0 Å². The molecule has 8 nitrogen and oxygen atoms in total. The monoisotopic (exact) mass is 1070 g/mol. The van der Waals surface area contributed by atoms with Gasteiger partial charge in [-0.2, -0.15) is 9.13 Å². The van der Waals surface area contributed by atoms with E-state index in [9.17, 15) is 0 Å². The summed E-state index contributed by atoms with van der Waals surface area (Å²) in [6, 6.07) is 0. The maximum absolute atomic E-state index is 7.11. The fourth-order valence-electron chi connectivity index (χ4n) is 8.49. The van der Waals surface area contributed by atoms with Crippen molar-refractivity contribution in [1.29, 1.82) is 0 Å². The van der Waals surface area contributed by atoms with Crippen molar-refractivity contribution >= 4 is 242 Å². The molecule has 1 spiro atoms. The predicted octanol–water partition coefficient (Wildman–Crippen LogP) is 14.2. The van der Waals surface area contributed by atoms with Gasteiger partial charge in [0.15, 0.2) is 0 Å². The van der Waals surface area contributed by atoms with Crippen molar-refractivity contribution in [2.45, 2.75) is 5.91 Å². The summed E-state index contributed by atoms with van der Waals surface area (Å²) in [5.41, 5.74) is 1.43. The highest BCUT2D eigenvalue weighted by molar-refractivity contribution is 6.59. The number of nitrogens with zero attached hydrogens (tertiary/aromatic N) is 8. The van der Waals surface area contributed by atoms with Crippen LogP contribution in [0, 0.1) is 0 Å². The Kier molecular flexibility index (Phi) is 7.70. The first-order valence-corrected chi connectivity index (χ1v) is 21.5. The van der Waals surface area contributed by atoms with Gasteiger partial charge in [-0.05, 0) is 0 Å². The molecule has 0 bridgehead atoms. The second kappa shape index (κ2) is 11.7. The molecule has 24 heteroatoms. The van der Waals surface area contributed by atoms with E-state index < -0.39 is 5.91 Å². The van der Waals surface area contributed by atoms with E-state index >= 15 is 0 Å². The molecule has 0 amide bonds. The minimum absolute atomic E-state index is 0.0116. The number of aliphatic imine (C=N–C) groups is 2. The van der Waals surface area contributed by atoms with Crippen molar-refractivity contribution in [2.24, 2.45) is 20.0 Å². The average molecular weight is 1080 g/mol. The van der Waals surface area contributed by atoms with Gasteiger partial charge in [-0.3, -0.25) is 0 Å². The Morgan fingerprint density at radius 3 is 0.965 bits per heavy atom. The summed E-state index contributed by atoms with van der Waals surface area (Å²) in [6.07, 6.45) is 0. The van der Waals surface area contributed by atoms with Crippen LogP contribution in [0.2, 0.25) is 80.4 Å². The molecule has 2 aromatic heterocycles. The molecular weight excluding hydrogens is 1080 g/mol. The third-order valence-corrected chi connectivity index (χ3v) is 17.8. The van der Waals surface area contributed by atoms with Gasteiger partial charge in [-0.15, -0.1) is 9.15 Å². The Labute approximate surface area is 395 Å². The number of rotatable bonds is 0. The number of aromatic nitrogens is 2. The predicted molar refractivity (Wildman–Crippen MR) is 234 cm³/mol.